The summed E-state index contributed by atoms with van der Waals surface area (Å²) >= 11 is 5.90. The van der Waals surface area contributed by atoms with Gasteiger partial charge in [0.2, 0.25) is 0 Å². The molecule has 7 heteroatoms. The fourth-order valence-corrected chi connectivity index (χ4v) is 3.21. The van der Waals surface area contributed by atoms with Gasteiger partial charge in [0, 0.05) is 30.7 Å². The van der Waals surface area contributed by atoms with E-state index in [1.165, 1.54) is 19.2 Å². The molecule has 0 unspecified atom stereocenters. The van der Waals surface area contributed by atoms with Crippen LogP contribution in [-0.2, 0) is 16.8 Å². The lowest BCUT2D eigenvalue weighted by Gasteiger charge is -2.27. The molecule has 0 amide bonds. The second kappa shape index (κ2) is 6.39. The van der Waals surface area contributed by atoms with Crippen LogP contribution in [0.3, 0.4) is 0 Å². The lowest BCUT2D eigenvalue weighted by Crippen LogP contribution is -2.41. The highest BCUT2D eigenvalue weighted by Crippen LogP contribution is 2.26. The zero-order valence-corrected chi connectivity index (χ0v) is 12.8. The molecule has 0 aromatic heterocycles. The highest BCUT2D eigenvalue weighted by Gasteiger charge is 2.24. The van der Waals surface area contributed by atoms with Gasteiger partial charge in [-0.25, -0.2) is 9.11 Å². The fraction of sp³-hybridized carbons (Fsp3) is 0.538. The van der Waals surface area contributed by atoms with Crippen LogP contribution in [0.5, 0.6) is 0 Å². The van der Waals surface area contributed by atoms with Crippen LogP contribution in [0.1, 0.15) is 24.8 Å². The van der Waals surface area contributed by atoms with Crippen LogP contribution in [0.4, 0.5) is 4.39 Å². The van der Waals surface area contributed by atoms with Crippen molar-refractivity contribution in [1.82, 2.24) is 9.03 Å². The van der Waals surface area contributed by atoms with Crippen molar-refractivity contribution in [3.05, 3.63) is 34.6 Å². The van der Waals surface area contributed by atoms with Crippen LogP contribution < -0.4 is 4.72 Å². The Balaban J connectivity index is 2.00. The third kappa shape index (κ3) is 3.69. The number of benzene rings is 1. The molecule has 1 aromatic rings. The van der Waals surface area contributed by atoms with Gasteiger partial charge in [0.15, 0.2) is 0 Å². The second-order valence-corrected chi connectivity index (χ2v) is 7.38. The van der Waals surface area contributed by atoms with Crippen molar-refractivity contribution < 1.29 is 12.8 Å². The molecule has 1 aliphatic carbocycles. The topological polar surface area (TPSA) is 49.4 Å². The van der Waals surface area contributed by atoms with Crippen LogP contribution in [-0.4, -0.2) is 26.3 Å². The Hall–Kier alpha value is -0.690. The number of nitrogens with zero attached hydrogens (tertiary/aromatic N) is 1. The zero-order valence-electron chi connectivity index (χ0n) is 11.3. The summed E-state index contributed by atoms with van der Waals surface area (Å²) in [6.45, 7) is 0.350. The molecule has 0 spiro atoms. The monoisotopic (exact) mass is 320 g/mol. The molecule has 1 fully saturated rings. The quantitative estimate of drug-likeness (QED) is 0.875. The number of halogens is 2. The van der Waals surface area contributed by atoms with Gasteiger partial charge in [-0.1, -0.05) is 24.1 Å². The predicted octanol–water partition coefficient (Wildman–Crippen LogP) is 2.55. The molecule has 4 nitrogen and oxygen atoms in total. The van der Waals surface area contributed by atoms with Crippen molar-refractivity contribution in [2.45, 2.75) is 25.8 Å². The van der Waals surface area contributed by atoms with Gasteiger partial charge in [0.25, 0.3) is 10.2 Å². The summed E-state index contributed by atoms with van der Waals surface area (Å²) in [5.41, 5.74) is 0.186. The first-order chi connectivity index (χ1) is 9.40. The maximum atomic E-state index is 13.7. The molecule has 0 aliphatic heterocycles. The van der Waals surface area contributed by atoms with Gasteiger partial charge >= 0.3 is 0 Å². The lowest BCUT2D eigenvalue weighted by atomic mass is 9.86. The van der Waals surface area contributed by atoms with E-state index in [1.54, 1.807) is 6.07 Å². The van der Waals surface area contributed by atoms with Gasteiger partial charge in [0.05, 0.1) is 0 Å². The summed E-state index contributed by atoms with van der Waals surface area (Å²) < 4.78 is 41.4. The summed E-state index contributed by atoms with van der Waals surface area (Å²) in [5.74, 6) is -0.0752. The van der Waals surface area contributed by atoms with Crippen LogP contribution in [0.25, 0.3) is 0 Å². The standard InChI is InChI=1S/C13H18ClFN2O2S/c1-17(9-11-12(14)6-3-7-13(11)15)20(18,19)16-8-10-4-2-5-10/h3,6-7,10,16H,2,4-5,8-9H2,1H3. The Kier molecular flexibility index (Phi) is 5.01. The molecular formula is C13H18ClFN2O2S. The first kappa shape index (κ1) is 15.7. The summed E-state index contributed by atoms with van der Waals surface area (Å²) in [4.78, 5) is 0. The largest absolute Gasteiger partial charge is 0.279 e. The molecule has 0 atom stereocenters. The normalized spacial score (nSPS) is 16.4. The van der Waals surface area contributed by atoms with E-state index in [0.29, 0.717) is 12.5 Å². The average molecular weight is 321 g/mol. The summed E-state index contributed by atoms with van der Waals surface area (Å²) in [6.07, 6.45) is 3.28. The molecule has 1 N–H and O–H groups in total. The minimum absolute atomic E-state index is 0.0918. The van der Waals surface area contributed by atoms with Crippen molar-refractivity contribution in [3.63, 3.8) is 0 Å². The Morgan fingerprint density at radius 1 is 1.45 bits per heavy atom. The van der Waals surface area contributed by atoms with E-state index in [4.69, 9.17) is 11.6 Å². The third-order valence-corrected chi connectivity index (χ3v) is 5.47. The molecule has 0 radical (unpaired) electrons. The van der Waals surface area contributed by atoms with Crippen LogP contribution in [0.15, 0.2) is 18.2 Å². The first-order valence-corrected chi connectivity index (χ1v) is 8.36. The molecule has 20 heavy (non-hydrogen) atoms. The maximum Gasteiger partial charge on any atom is 0.279 e. The molecule has 1 saturated carbocycles. The number of rotatable bonds is 6. The van der Waals surface area contributed by atoms with Gasteiger partial charge in [-0.2, -0.15) is 12.7 Å². The van der Waals surface area contributed by atoms with E-state index in [0.717, 1.165) is 23.6 Å². The molecule has 0 heterocycles. The average Bonchev–Trinajstić information content (AvgIpc) is 2.31. The van der Waals surface area contributed by atoms with Crippen LogP contribution in [0.2, 0.25) is 5.02 Å². The number of hydrogen-bond acceptors (Lipinski definition) is 2. The van der Waals surface area contributed by atoms with Crippen molar-refractivity contribution in [3.8, 4) is 0 Å². The second-order valence-electron chi connectivity index (χ2n) is 5.11. The zero-order chi connectivity index (χ0) is 14.8. The smallest absolute Gasteiger partial charge is 0.207 e. The third-order valence-electron chi connectivity index (χ3n) is 3.63. The molecule has 2 rings (SSSR count). The van der Waals surface area contributed by atoms with Gasteiger partial charge in [-0.15, -0.1) is 0 Å². The maximum absolute atomic E-state index is 13.7. The van der Waals surface area contributed by atoms with E-state index in [9.17, 15) is 12.8 Å². The SMILES string of the molecule is CN(Cc1c(F)cccc1Cl)S(=O)(=O)NCC1CCC1. The van der Waals surface area contributed by atoms with Gasteiger partial charge < -0.3 is 0 Å². The number of nitrogens with one attached hydrogen (secondary N) is 1. The van der Waals surface area contributed by atoms with Crippen LogP contribution >= 0.6 is 11.6 Å². The molecule has 1 aromatic carbocycles. The Bertz CT molecular complexity index is 555. The van der Waals surface area contributed by atoms with Gasteiger partial charge in [-0.05, 0) is 30.9 Å². The minimum Gasteiger partial charge on any atom is -0.207 e. The predicted molar refractivity (Wildman–Crippen MR) is 77.1 cm³/mol. The van der Waals surface area contributed by atoms with E-state index in [1.807, 2.05) is 0 Å². The van der Waals surface area contributed by atoms with E-state index in [-0.39, 0.29) is 17.1 Å². The highest BCUT2D eigenvalue weighted by atomic mass is 35.5. The van der Waals surface area contributed by atoms with Crippen molar-refractivity contribution in [1.29, 1.82) is 0 Å². The molecule has 112 valence electrons. The van der Waals surface area contributed by atoms with Gasteiger partial charge in [0.1, 0.15) is 5.82 Å². The molecule has 0 bridgehead atoms. The Morgan fingerprint density at radius 3 is 2.70 bits per heavy atom. The van der Waals surface area contributed by atoms with E-state index < -0.39 is 16.0 Å². The Morgan fingerprint density at radius 2 is 2.15 bits per heavy atom. The van der Waals surface area contributed by atoms with Crippen LogP contribution in [0, 0.1) is 11.7 Å². The van der Waals surface area contributed by atoms with Crippen molar-refractivity contribution >= 4 is 21.8 Å². The van der Waals surface area contributed by atoms with Crippen molar-refractivity contribution in [2.75, 3.05) is 13.6 Å². The molecule has 1 aliphatic rings. The summed E-state index contributed by atoms with van der Waals surface area (Å²) in [5, 5.41) is 0.228. The highest BCUT2D eigenvalue weighted by molar-refractivity contribution is 7.87. The lowest BCUT2D eigenvalue weighted by molar-refractivity contribution is 0.313. The molecule has 0 saturated heterocycles. The Labute approximate surface area is 124 Å². The summed E-state index contributed by atoms with van der Waals surface area (Å²) in [7, 11) is -2.20. The minimum atomic E-state index is -3.61. The van der Waals surface area contributed by atoms with E-state index in [2.05, 4.69) is 4.72 Å². The number of hydrogen-bond donors (Lipinski definition) is 1. The summed E-state index contributed by atoms with van der Waals surface area (Å²) in [6, 6.07) is 4.30. The fourth-order valence-electron chi connectivity index (χ4n) is 2.02. The molecular weight excluding hydrogens is 303 g/mol. The van der Waals surface area contributed by atoms with Crippen molar-refractivity contribution in [2.24, 2.45) is 5.92 Å². The first-order valence-electron chi connectivity index (χ1n) is 6.54. The van der Waals surface area contributed by atoms with Gasteiger partial charge in [-0.3, -0.25) is 0 Å². The van der Waals surface area contributed by atoms with E-state index >= 15 is 0 Å².